The Morgan fingerprint density at radius 2 is 2.07 bits per heavy atom. The zero-order valence-electron chi connectivity index (χ0n) is 15.5. The fraction of sp³-hybridized carbons (Fsp3) is 0.286. The first-order chi connectivity index (χ1) is 13.2. The number of ether oxygens (including phenoxy) is 1. The largest absolute Gasteiger partial charge is 0.478 e. The number of hydrogen-bond acceptors (Lipinski definition) is 4. The van der Waals surface area contributed by atoms with Crippen LogP contribution in [0.3, 0.4) is 0 Å². The first-order valence-electron chi connectivity index (χ1n) is 9.10. The van der Waals surface area contributed by atoms with Gasteiger partial charge in [-0.2, -0.15) is 5.10 Å². The summed E-state index contributed by atoms with van der Waals surface area (Å²) in [5, 5.41) is 4.31. The van der Waals surface area contributed by atoms with Gasteiger partial charge in [0.15, 0.2) is 0 Å². The first-order valence-corrected chi connectivity index (χ1v) is 9.10. The molecule has 27 heavy (non-hydrogen) atoms. The van der Waals surface area contributed by atoms with Gasteiger partial charge in [0.2, 0.25) is 5.88 Å². The van der Waals surface area contributed by atoms with Gasteiger partial charge >= 0.3 is 0 Å². The van der Waals surface area contributed by atoms with E-state index in [0.29, 0.717) is 31.1 Å². The highest BCUT2D eigenvalue weighted by Gasteiger charge is 2.30. The Kier molecular flexibility index (Phi) is 4.62. The lowest BCUT2D eigenvalue weighted by atomic mass is 9.86. The molecule has 3 aromatic rings. The molecular weight excluding hydrogens is 340 g/mol. The van der Waals surface area contributed by atoms with Crippen LogP contribution in [0.4, 0.5) is 0 Å². The van der Waals surface area contributed by atoms with Crippen molar-refractivity contribution in [3.8, 4) is 5.88 Å². The molecule has 0 aliphatic carbocycles. The van der Waals surface area contributed by atoms with E-state index in [2.05, 4.69) is 28.3 Å². The number of hydrogen-bond donors (Lipinski definition) is 0. The van der Waals surface area contributed by atoms with Gasteiger partial charge in [0.25, 0.3) is 5.91 Å². The fourth-order valence-electron chi connectivity index (χ4n) is 3.59. The molecule has 0 spiro atoms. The third-order valence-electron chi connectivity index (χ3n) is 4.88. The maximum absolute atomic E-state index is 13.1. The number of carbonyl (C=O) groups excluding carboxylic acids is 1. The van der Waals surface area contributed by atoms with E-state index in [1.807, 2.05) is 37.3 Å². The molecule has 0 fully saturated rings. The Bertz CT molecular complexity index is 949. The molecule has 0 N–H and O–H groups in total. The van der Waals surface area contributed by atoms with E-state index in [-0.39, 0.29) is 11.8 Å². The maximum Gasteiger partial charge on any atom is 0.255 e. The van der Waals surface area contributed by atoms with Gasteiger partial charge in [-0.1, -0.05) is 24.3 Å². The first kappa shape index (κ1) is 17.3. The summed E-state index contributed by atoms with van der Waals surface area (Å²) in [5.74, 6) is 0.628. The Balaban J connectivity index is 1.63. The van der Waals surface area contributed by atoms with Gasteiger partial charge in [0, 0.05) is 44.5 Å². The molecule has 138 valence electrons. The van der Waals surface area contributed by atoms with E-state index in [9.17, 15) is 4.79 Å². The molecule has 1 aromatic carbocycles. The highest BCUT2D eigenvalue weighted by molar-refractivity contribution is 5.94. The third-order valence-corrected chi connectivity index (χ3v) is 4.88. The second-order valence-corrected chi connectivity index (χ2v) is 6.70. The summed E-state index contributed by atoms with van der Waals surface area (Å²) in [4.78, 5) is 19.2. The molecule has 2 aromatic heterocycles. The average Bonchev–Trinajstić information content (AvgIpc) is 3.13. The Morgan fingerprint density at radius 1 is 1.22 bits per heavy atom. The van der Waals surface area contributed by atoms with E-state index < -0.39 is 0 Å². The van der Waals surface area contributed by atoms with Crippen molar-refractivity contribution in [3.63, 3.8) is 0 Å². The lowest BCUT2D eigenvalue weighted by Gasteiger charge is -2.34. The molecule has 6 heteroatoms. The van der Waals surface area contributed by atoms with Gasteiger partial charge in [-0.25, -0.2) is 4.98 Å². The predicted molar refractivity (Wildman–Crippen MR) is 102 cm³/mol. The summed E-state index contributed by atoms with van der Waals surface area (Å²) in [6, 6.07) is 11.8. The number of fused-ring (bicyclic) bond motifs is 1. The molecular formula is C21H22N4O2. The number of aromatic nitrogens is 3. The topological polar surface area (TPSA) is 60.2 Å². The standard InChI is InChI=1S/C21H22N4O2/c1-3-27-20-9-8-15(10-22-20)21(26)25-13-16-6-4-5-7-18(16)19(14-25)17-11-23-24(2)12-17/h4-12,19H,3,13-14H2,1-2H3. The van der Waals surface area contributed by atoms with E-state index in [0.717, 1.165) is 5.56 Å². The molecule has 3 heterocycles. The van der Waals surface area contributed by atoms with Crippen molar-refractivity contribution in [1.82, 2.24) is 19.7 Å². The van der Waals surface area contributed by atoms with E-state index in [1.165, 1.54) is 11.1 Å². The Labute approximate surface area is 158 Å². The number of nitrogens with zero attached hydrogens (tertiary/aromatic N) is 4. The van der Waals surface area contributed by atoms with Crippen LogP contribution in [0, 0.1) is 0 Å². The van der Waals surface area contributed by atoms with Crippen LogP contribution in [-0.4, -0.2) is 38.7 Å². The van der Waals surface area contributed by atoms with Crippen LogP contribution in [-0.2, 0) is 13.6 Å². The van der Waals surface area contributed by atoms with Crippen molar-refractivity contribution in [1.29, 1.82) is 0 Å². The number of rotatable bonds is 4. The predicted octanol–water partition coefficient (Wildman–Crippen LogP) is 3.00. The van der Waals surface area contributed by atoms with E-state index in [4.69, 9.17) is 4.74 Å². The second kappa shape index (κ2) is 7.23. The van der Waals surface area contributed by atoms with Gasteiger partial charge in [0.1, 0.15) is 0 Å². The minimum Gasteiger partial charge on any atom is -0.478 e. The monoisotopic (exact) mass is 362 g/mol. The molecule has 0 saturated carbocycles. The lowest BCUT2D eigenvalue weighted by Crippen LogP contribution is -2.38. The molecule has 0 saturated heterocycles. The van der Waals surface area contributed by atoms with Crippen LogP contribution in [0.1, 0.15) is 39.9 Å². The molecule has 4 rings (SSSR count). The molecule has 1 amide bonds. The lowest BCUT2D eigenvalue weighted by molar-refractivity contribution is 0.0724. The van der Waals surface area contributed by atoms with Crippen LogP contribution < -0.4 is 4.74 Å². The maximum atomic E-state index is 13.1. The van der Waals surface area contributed by atoms with Crippen LogP contribution in [0.15, 0.2) is 55.0 Å². The highest BCUT2D eigenvalue weighted by atomic mass is 16.5. The minimum atomic E-state index is -0.0195. The normalized spacial score (nSPS) is 16.1. The van der Waals surface area contributed by atoms with Gasteiger partial charge < -0.3 is 9.64 Å². The molecule has 1 atom stereocenters. The third kappa shape index (κ3) is 3.43. The quantitative estimate of drug-likeness (QED) is 0.716. The summed E-state index contributed by atoms with van der Waals surface area (Å²) in [6.07, 6.45) is 5.49. The van der Waals surface area contributed by atoms with Crippen LogP contribution in [0.2, 0.25) is 0 Å². The van der Waals surface area contributed by atoms with Crippen molar-refractivity contribution in [2.75, 3.05) is 13.2 Å². The summed E-state index contributed by atoms with van der Waals surface area (Å²) >= 11 is 0. The number of aryl methyl sites for hydroxylation is 1. The van der Waals surface area contributed by atoms with Gasteiger partial charge in [0.05, 0.1) is 18.4 Å². The smallest absolute Gasteiger partial charge is 0.255 e. The Hall–Kier alpha value is -3.15. The van der Waals surface area contributed by atoms with Gasteiger partial charge in [-0.15, -0.1) is 0 Å². The van der Waals surface area contributed by atoms with Crippen molar-refractivity contribution in [2.24, 2.45) is 7.05 Å². The molecule has 1 aliphatic rings. The highest BCUT2D eigenvalue weighted by Crippen LogP contribution is 2.33. The molecule has 6 nitrogen and oxygen atoms in total. The summed E-state index contributed by atoms with van der Waals surface area (Å²) < 4.78 is 7.17. The Morgan fingerprint density at radius 3 is 2.78 bits per heavy atom. The number of amides is 1. The molecule has 1 aliphatic heterocycles. The zero-order valence-corrected chi connectivity index (χ0v) is 15.5. The van der Waals surface area contributed by atoms with Crippen molar-refractivity contribution in [2.45, 2.75) is 19.4 Å². The number of benzene rings is 1. The van der Waals surface area contributed by atoms with Gasteiger partial charge in [-0.05, 0) is 29.7 Å². The van der Waals surface area contributed by atoms with Crippen LogP contribution in [0.5, 0.6) is 5.88 Å². The molecule has 0 bridgehead atoms. The minimum absolute atomic E-state index is 0.0195. The van der Waals surface area contributed by atoms with Crippen molar-refractivity contribution >= 4 is 5.91 Å². The number of carbonyl (C=O) groups is 1. The SMILES string of the molecule is CCOc1ccc(C(=O)N2Cc3ccccc3C(c3cnn(C)c3)C2)cn1. The fourth-order valence-corrected chi connectivity index (χ4v) is 3.59. The van der Waals surface area contributed by atoms with Crippen LogP contribution in [0.25, 0.3) is 0 Å². The molecule has 0 radical (unpaired) electrons. The second-order valence-electron chi connectivity index (χ2n) is 6.70. The summed E-state index contributed by atoms with van der Waals surface area (Å²) in [5.41, 5.74) is 4.12. The molecule has 1 unspecified atom stereocenters. The van der Waals surface area contributed by atoms with E-state index >= 15 is 0 Å². The zero-order chi connectivity index (χ0) is 18.8. The van der Waals surface area contributed by atoms with E-state index in [1.54, 1.807) is 23.0 Å². The average molecular weight is 362 g/mol. The summed E-state index contributed by atoms with van der Waals surface area (Å²) in [6.45, 7) is 3.67. The van der Waals surface area contributed by atoms with Crippen molar-refractivity contribution < 1.29 is 9.53 Å². The van der Waals surface area contributed by atoms with Crippen molar-refractivity contribution in [3.05, 3.63) is 77.2 Å². The summed E-state index contributed by atoms with van der Waals surface area (Å²) in [7, 11) is 1.91. The van der Waals surface area contributed by atoms with Gasteiger partial charge in [-0.3, -0.25) is 9.48 Å². The number of pyridine rings is 1. The van der Waals surface area contributed by atoms with Crippen LogP contribution >= 0.6 is 0 Å².